The minimum atomic E-state index is 0. The van der Waals surface area contributed by atoms with Gasteiger partial charge in [-0.2, -0.15) is 0 Å². The highest BCUT2D eigenvalue weighted by atomic mass is 127. The van der Waals surface area contributed by atoms with Gasteiger partial charge in [-0.05, 0) is 25.3 Å². The van der Waals surface area contributed by atoms with Crippen LogP contribution in [0.15, 0.2) is 41.5 Å². The summed E-state index contributed by atoms with van der Waals surface area (Å²) in [5, 5.41) is 10.1. The van der Waals surface area contributed by atoms with Gasteiger partial charge in [-0.3, -0.25) is 9.98 Å². The van der Waals surface area contributed by atoms with Crippen molar-refractivity contribution in [3.8, 4) is 0 Å². The number of nitrogens with one attached hydrogen (secondary N) is 2. The van der Waals surface area contributed by atoms with Gasteiger partial charge in [0, 0.05) is 23.5 Å². The first-order chi connectivity index (χ1) is 11.7. The number of aromatic nitrogens is 2. The monoisotopic (exact) mass is 467 g/mol. The second-order valence-corrected chi connectivity index (χ2v) is 6.79. The number of aliphatic imine (C=N–C) groups is 1. The summed E-state index contributed by atoms with van der Waals surface area (Å²) in [4.78, 5) is 14.5. The topological polar surface area (TPSA) is 62.2 Å². The van der Waals surface area contributed by atoms with Crippen LogP contribution in [0.1, 0.15) is 21.3 Å². The van der Waals surface area contributed by atoms with Crippen molar-refractivity contribution in [1.29, 1.82) is 0 Å². The molecule has 0 aliphatic heterocycles. The van der Waals surface area contributed by atoms with Crippen LogP contribution in [-0.4, -0.2) is 23.0 Å². The molecule has 132 valence electrons. The van der Waals surface area contributed by atoms with Crippen molar-refractivity contribution in [3.05, 3.63) is 57.8 Å². The number of nitrogens with zero attached hydrogens (tertiary/aromatic N) is 3. The van der Waals surface area contributed by atoms with E-state index in [1.54, 1.807) is 18.4 Å². The van der Waals surface area contributed by atoms with Gasteiger partial charge < -0.3 is 10.6 Å². The average Bonchev–Trinajstić information content (AvgIpc) is 2.92. The van der Waals surface area contributed by atoms with Crippen molar-refractivity contribution in [1.82, 2.24) is 20.6 Å². The Morgan fingerprint density at radius 2 is 1.88 bits per heavy atom. The quantitative estimate of drug-likeness (QED) is 0.348. The van der Waals surface area contributed by atoms with E-state index in [4.69, 9.17) is 0 Å². The second-order valence-electron chi connectivity index (χ2n) is 5.50. The molecule has 2 aromatic heterocycles. The zero-order valence-electron chi connectivity index (χ0n) is 14.5. The first-order valence-electron chi connectivity index (χ1n) is 7.87. The molecule has 0 fully saturated rings. The molecule has 0 amide bonds. The Hall–Kier alpha value is -1.74. The van der Waals surface area contributed by atoms with Crippen LogP contribution < -0.4 is 10.6 Å². The summed E-state index contributed by atoms with van der Waals surface area (Å²) in [7, 11) is 1.77. The first-order valence-corrected chi connectivity index (χ1v) is 8.69. The summed E-state index contributed by atoms with van der Waals surface area (Å²) < 4.78 is 0. The lowest BCUT2D eigenvalue weighted by molar-refractivity contribution is 0.801. The van der Waals surface area contributed by atoms with Crippen LogP contribution in [0.3, 0.4) is 0 Å². The molecule has 3 rings (SSSR count). The molecule has 25 heavy (non-hydrogen) atoms. The lowest BCUT2D eigenvalue weighted by Gasteiger charge is -2.12. The second kappa shape index (κ2) is 9.10. The fourth-order valence-electron chi connectivity index (χ4n) is 2.61. The van der Waals surface area contributed by atoms with Crippen LogP contribution in [-0.2, 0) is 13.1 Å². The van der Waals surface area contributed by atoms with E-state index in [0.29, 0.717) is 6.54 Å². The molecule has 0 spiro atoms. The SMILES string of the molecule is CN=C(NCc1sc(C)nc1C)NCc1nccc2ccccc12.I. The molecule has 0 aliphatic rings. The maximum absolute atomic E-state index is 4.50. The molecule has 0 saturated carbocycles. The Kier molecular flexibility index (Phi) is 7.12. The van der Waals surface area contributed by atoms with Crippen molar-refractivity contribution in [2.75, 3.05) is 7.05 Å². The van der Waals surface area contributed by atoms with Gasteiger partial charge in [0.25, 0.3) is 0 Å². The zero-order valence-corrected chi connectivity index (χ0v) is 17.7. The van der Waals surface area contributed by atoms with Crippen LogP contribution in [0.4, 0.5) is 0 Å². The van der Waals surface area contributed by atoms with Crippen LogP contribution in [0.2, 0.25) is 0 Å². The molecule has 3 aromatic rings. The van der Waals surface area contributed by atoms with Crippen LogP contribution in [0.25, 0.3) is 10.8 Å². The van der Waals surface area contributed by atoms with Crippen LogP contribution >= 0.6 is 35.3 Å². The fourth-order valence-corrected chi connectivity index (χ4v) is 3.49. The lowest BCUT2D eigenvalue weighted by Crippen LogP contribution is -2.36. The van der Waals surface area contributed by atoms with Crippen molar-refractivity contribution < 1.29 is 0 Å². The van der Waals surface area contributed by atoms with Gasteiger partial charge in [-0.15, -0.1) is 35.3 Å². The molecule has 0 radical (unpaired) electrons. The molecule has 0 atom stereocenters. The van der Waals surface area contributed by atoms with Crippen molar-refractivity contribution in [3.63, 3.8) is 0 Å². The van der Waals surface area contributed by atoms with Crippen molar-refractivity contribution >= 4 is 52.0 Å². The van der Waals surface area contributed by atoms with Crippen molar-refractivity contribution in [2.45, 2.75) is 26.9 Å². The Morgan fingerprint density at radius 3 is 2.60 bits per heavy atom. The van der Waals surface area contributed by atoms with Gasteiger partial charge in [0.15, 0.2) is 5.96 Å². The Morgan fingerprint density at radius 1 is 1.12 bits per heavy atom. The number of hydrogen-bond acceptors (Lipinski definition) is 4. The number of hydrogen-bond donors (Lipinski definition) is 2. The maximum Gasteiger partial charge on any atom is 0.191 e. The molecule has 0 saturated heterocycles. The number of rotatable bonds is 4. The van der Waals surface area contributed by atoms with Gasteiger partial charge >= 0.3 is 0 Å². The van der Waals surface area contributed by atoms with E-state index in [1.807, 2.05) is 38.2 Å². The number of pyridine rings is 1. The normalized spacial score (nSPS) is 11.2. The maximum atomic E-state index is 4.50. The molecular weight excluding hydrogens is 445 g/mol. The summed E-state index contributed by atoms with van der Waals surface area (Å²) >= 11 is 1.71. The van der Waals surface area contributed by atoms with E-state index in [1.165, 1.54) is 10.3 Å². The van der Waals surface area contributed by atoms with E-state index >= 15 is 0 Å². The number of benzene rings is 1. The van der Waals surface area contributed by atoms with Crippen LogP contribution in [0, 0.1) is 13.8 Å². The van der Waals surface area contributed by atoms with E-state index in [9.17, 15) is 0 Å². The van der Waals surface area contributed by atoms with E-state index in [-0.39, 0.29) is 24.0 Å². The molecule has 1 aromatic carbocycles. The van der Waals surface area contributed by atoms with E-state index in [0.717, 1.165) is 34.3 Å². The average molecular weight is 467 g/mol. The Labute approximate surface area is 169 Å². The lowest BCUT2D eigenvalue weighted by atomic mass is 10.1. The molecule has 5 nitrogen and oxygen atoms in total. The highest BCUT2D eigenvalue weighted by molar-refractivity contribution is 14.0. The molecule has 0 unspecified atom stereocenters. The summed E-state index contributed by atoms with van der Waals surface area (Å²) in [6.45, 7) is 5.42. The standard InChI is InChI=1S/C18H21N5S.HI/c1-12-17(24-13(2)23-12)11-22-18(19-3)21-10-16-15-7-5-4-6-14(15)8-9-20-16;/h4-9H,10-11H2,1-3H3,(H2,19,21,22);1H. The third-order valence-electron chi connectivity index (χ3n) is 3.82. The van der Waals surface area contributed by atoms with E-state index < -0.39 is 0 Å². The summed E-state index contributed by atoms with van der Waals surface area (Å²) in [5.74, 6) is 0.759. The Balaban J connectivity index is 0.00000225. The van der Waals surface area contributed by atoms with Crippen molar-refractivity contribution in [2.24, 2.45) is 4.99 Å². The summed E-state index contributed by atoms with van der Waals surface area (Å²) in [5.41, 5.74) is 2.09. The Bertz CT molecular complexity index is 870. The molecular formula is C18H22IN5S. The fraction of sp³-hybridized carbons (Fsp3) is 0.278. The molecule has 0 aliphatic carbocycles. The summed E-state index contributed by atoms with van der Waals surface area (Å²) in [6, 6.07) is 10.3. The van der Waals surface area contributed by atoms with Gasteiger partial charge in [0.2, 0.25) is 0 Å². The number of thiazole rings is 1. The third-order valence-corrected chi connectivity index (χ3v) is 4.89. The largest absolute Gasteiger partial charge is 0.351 e. The minimum Gasteiger partial charge on any atom is -0.351 e. The van der Waals surface area contributed by atoms with Gasteiger partial charge in [0.1, 0.15) is 0 Å². The third kappa shape index (κ3) is 4.88. The number of halogens is 1. The predicted molar refractivity (Wildman–Crippen MR) is 116 cm³/mol. The number of aryl methyl sites for hydroxylation is 2. The smallest absolute Gasteiger partial charge is 0.191 e. The summed E-state index contributed by atoms with van der Waals surface area (Å²) in [6.07, 6.45) is 1.85. The van der Waals surface area contributed by atoms with E-state index in [2.05, 4.69) is 37.7 Å². The highest BCUT2D eigenvalue weighted by Crippen LogP contribution is 2.17. The predicted octanol–water partition coefficient (Wildman–Crippen LogP) is 3.79. The highest BCUT2D eigenvalue weighted by Gasteiger charge is 2.07. The molecule has 2 heterocycles. The first kappa shape index (κ1) is 19.6. The van der Waals surface area contributed by atoms with Gasteiger partial charge in [0.05, 0.1) is 29.5 Å². The van der Waals surface area contributed by atoms with Crippen LogP contribution in [0.5, 0.6) is 0 Å². The van der Waals surface area contributed by atoms with Gasteiger partial charge in [-0.1, -0.05) is 24.3 Å². The number of guanidine groups is 1. The zero-order chi connectivity index (χ0) is 16.9. The molecule has 7 heteroatoms. The number of fused-ring (bicyclic) bond motifs is 1. The molecule has 2 N–H and O–H groups in total. The molecule has 0 bridgehead atoms. The van der Waals surface area contributed by atoms with Gasteiger partial charge in [-0.25, -0.2) is 4.98 Å². The minimum absolute atomic E-state index is 0.